The molecule has 1 aromatic heterocycles. The smallest absolute Gasteiger partial charge is 0.166 e. The van der Waals surface area contributed by atoms with Gasteiger partial charge in [0.15, 0.2) is 5.78 Å². The molecule has 0 amide bonds. The van der Waals surface area contributed by atoms with Gasteiger partial charge in [-0.25, -0.2) is 8.78 Å². The Morgan fingerprint density at radius 1 is 1.21 bits per heavy atom. The van der Waals surface area contributed by atoms with Gasteiger partial charge in [0.25, 0.3) is 0 Å². The largest absolute Gasteiger partial charge is 0.349 e. The molecule has 0 aliphatic rings. The molecular weight excluding hydrogens is 248 g/mol. The van der Waals surface area contributed by atoms with Crippen LogP contribution in [0.5, 0.6) is 0 Å². The fourth-order valence-corrected chi connectivity index (χ4v) is 1.88. The third kappa shape index (κ3) is 2.89. The summed E-state index contributed by atoms with van der Waals surface area (Å²) >= 11 is 0. The Balaban J connectivity index is 2.23. The van der Waals surface area contributed by atoms with E-state index in [2.05, 4.69) is 0 Å². The first-order chi connectivity index (χ1) is 8.99. The van der Waals surface area contributed by atoms with Crippen molar-refractivity contribution in [3.63, 3.8) is 0 Å². The molecule has 2 rings (SSSR count). The van der Waals surface area contributed by atoms with Crippen LogP contribution in [-0.2, 0) is 6.54 Å². The monoisotopic (exact) mass is 263 g/mol. The molecule has 0 spiro atoms. The van der Waals surface area contributed by atoms with Crippen LogP contribution in [0.2, 0.25) is 0 Å². The van der Waals surface area contributed by atoms with E-state index in [4.69, 9.17) is 0 Å². The van der Waals surface area contributed by atoms with Crippen molar-refractivity contribution in [2.24, 2.45) is 5.92 Å². The van der Waals surface area contributed by atoms with E-state index in [0.717, 1.165) is 0 Å². The third-order valence-electron chi connectivity index (χ3n) is 2.96. The maximum Gasteiger partial charge on any atom is 0.166 e. The van der Waals surface area contributed by atoms with Gasteiger partial charge in [0.05, 0.1) is 6.54 Å². The second-order valence-corrected chi connectivity index (χ2v) is 4.79. The molecular formula is C15H15F2NO. The standard InChI is InChI=1S/C15H15F2NO/c1-10(2)15(19)11-6-7-18(8-11)9-12-13(16)4-3-5-14(12)17/h3-8,10H,9H2,1-2H3. The molecule has 2 aromatic rings. The van der Waals surface area contributed by atoms with Gasteiger partial charge in [-0.15, -0.1) is 0 Å². The Bertz CT molecular complexity index is 582. The molecule has 0 unspecified atom stereocenters. The van der Waals surface area contributed by atoms with E-state index in [-0.39, 0.29) is 23.8 Å². The van der Waals surface area contributed by atoms with Gasteiger partial charge in [-0.1, -0.05) is 19.9 Å². The lowest BCUT2D eigenvalue weighted by molar-refractivity contribution is 0.0939. The van der Waals surface area contributed by atoms with Gasteiger partial charge in [-0.3, -0.25) is 4.79 Å². The highest BCUT2D eigenvalue weighted by Gasteiger charge is 2.13. The van der Waals surface area contributed by atoms with E-state index in [1.54, 1.807) is 23.0 Å². The highest BCUT2D eigenvalue weighted by Crippen LogP contribution is 2.15. The molecule has 0 saturated carbocycles. The number of carbonyl (C=O) groups is 1. The number of Topliss-reactive ketones (excluding diaryl/α,β-unsaturated/α-hetero) is 1. The second kappa shape index (κ2) is 5.34. The van der Waals surface area contributed by atoms with Crippen molar-refractivity contribution >= 4 is 5.78 Å². The van der Waals surface area contributed by atoms with E-state index in [1.807, 2.05) is 13.8 Å². The van der Waals surface area contributed by atoms with Crippen molar-refractivity contribution in [3.05, 3.63) is 59.4 Å². The Morgan fingerprint density at radius 2 is 1.84 bits per heavy atom. The summed E-state index contributed by atoms with van der Waals surface area (Å²) in [6.45, 7) is 3.70. The molecule has 1 heterocycles. The molecule has 0 atom stereocenters. The minimum absolute atomic E-state index is 0.00152. The first-order valence-electron chi connectivity index (χ1n) is 6.12. The number of carbonyl (C=O) groups excluding carboxylic acids is 1. The third-order valence-corrected chi connectivity index (χ3v) is 2.96. The molecule has 0 N–H and O–H groups in total. The van der Waals surface area contributed by atoms with E-state index in [1.165, 1.54) is 18.2 Å². The summed E-state index contributed by atoms with van der Waals surface area (Å²) in [6, 6.07) is 5.45. The molecule has 0 saturated heterocycles. The van der Waals surface area contributed by atoms with Gasteiger partial charge in [-0.2, -0.15) is 0 Å². The van der Waals surface area contributed by atoms with Crippen LogP contribution in [0.15, 0.2) is 36.7 Å². The van der Waals surface area contributed by atoms with Gasteiger partial charge < -0.3 is 4.57 Å². The molecule has 0 aliphatic heterocycles. The summed E-state index contributed by atoms with van der Waals surface area (Å²) in [6.07, 6.45) is 3.27. The maximum absolute atomic E-state index is 13.5. The lowest BCUT2D eigenvalue weighted by atomic mass is 10.0. The van der Waals surface area contributed by atoms with Gasteiger partial charge in [0.2, 0.25) is 0 Å². The Labute approximate surface area is 110 Å². The van der Waals surface area contributed by atoms with Crippen LogP contribution in [-0.4, -0.2) is 10.4 Å². The summed E-state index contributed by atoms with van der Waals surface area (Å²) in [5, 5.41) is 0. The fourth-order valence-electron chi connectivity index (χ4n) is 1.88. The minimum Gasteiger partial charge on any atom is -0.349 e. The average Bonchev–Trinajstić information content (AvgIpc) is 2.81. The zero-order chi connectivity index (χ0) is 14.0. The summed E-state index contributed by atoms with van der Waals surface area (Å²) in [7, 11) is 0. The minimum atomic E-state index is -0.578. The van der Waals surface area contributed by atoms with Crippen LogP contribution in [0, 0.1) is 17.6 Å². The summed E-state index contributed by atoms with van der Waals surface area (Å²) in [5.74, 6) is -1.23. The van der Waals surface area contributed by atoms with Crippen molar-refractivity contribution < 1.29 is 13.6 Å². The molecule has 1 aromatic carbocycles. The zero-order valence-electron chi connectivity index (χ0n) is 10.9. The van der Waals surface area contributed by atoms with E-state index >= 15 is 0 Å². The second-order valence-electron chi connectivity index (χ2n) is 4.79. The molecule has 0 radical (unpaired) electrons. The van der Waals surface area contributed by atoms with Crippen LogP contribution < -0.4 is 0 Å². The number of halogens is 2. The van der Waals surface area contributed by atoms with Crippen LogP contribution in [0.3, 0.4) is 0 Å². The molecule has 2 nitrogen and oxygen atoms in total. The number of ketones is 1. The number of nitrogens with zero attached hydrogens (tertiary/aromatic N) is 1. The summed E-state index contributed by atoms with van der Waals surface area (Å²) in [4.78, 5) is 11.8. The summed E-state index contributed by atoms with van der Waals surface area (Å²) < 4.78 is 28.6. The van der Waals surface area contributed by atoms with Crippen LogP contribution in [0.4, 0.5) is 8.78 Å². The first-order valence-corrected chi connectivity index (χ1v) is 6.12. The van der Waals surface area contributed by atoms with Crippen molar-refractivity contribution in [1.82, 2.24) is 4.57 Å². The van der Waals surface area contributed by atoms with Crippen LogP contribution >= 0.6 is 0 Å². The van der Waals surface area contributed by atoms with Crippen molar-refractivity contribution in [2.75, 3.05) is 0 Å². The lowest BCUT2D eigenvalue weighted by Gasteiger charge is -2.06. The van der Waals surface area contributed by atoms with Crippen LogP contribution in [0.25, 0.3) is 0 Å². The normalized spacial score (nSPS) is 11.0. The highest BCUT2D eigenvalue weighted by molar-refractivity contribution is 5.97. The molecule has 4 heteroatoms. The van der Waals surface area contributed by atoms with E-state index in [9.17, 15) is 13.6 Å². The summed E-state index contributed by atoms with van der Waals surface area (Å²) in [5.41, 5.74) is 0.563. The number of hydrogen-bond donors (Lipinski definition) is 0. The van der Waals surface area contributed by atoms with E-state index in [0.29, 0.717) is 5.56 Å². The topological polar surface area (TPSA) is 22.0 Å². The first kappa shape index (κ1) is 13.5. The van der Waals surface area contributed by atoms with Crippen molar-refractivity contribution in [1.29, 1.82) is 0 Å². The van der Waals surface area contributed by atoms with Gasteiger partial charge in [0.1, 0.15) is 11.6 Å². The number of hydrogen-bond acceptors (Lipinski definition) is 1. The maximum atomic E-state index is 13.5. The molecule has 0 fully saturated rings. The number of rotatable bonds is 4. The Hall–Kier alpha value is -1.97. The quantitative estimate of drug-likeness (QED) is 0.772. The Morgan fingerprint density at radius 3 is 2.42 bits per heavy atom. The van der Waals surface area contributed by atoms with Gasteiger partial charge >= 0.3 is 0 Å². The fraction of sp³-hybridized carbons (Fsp3) is 0.267. The molecule has 0 aliphatic carbocycles. The van der Waals surface area contributed by atoms with Gasteiger partial charge in [0, 0.05) is 29.4 Å². The predicted octanol–water partition coefficient (Wildman–Crippen LogP) is 3.65. The SMILES string of the molecule is CC(C)C(=O)c1ccn(Cc2c(F)cccc2F)c1. The van der Waals surface area contributed by atoms with Crippen molar-refractivity contribution in [3.8, 4) is 0 Å². The predicted molar refractivity (Wildman–Crippen MR) is 69.1 cm³/mol. The molecule has 19 heavy (non-hydrogen) atoms. The molecule has 0 bridgehead atoms. The number of benzene rings is 1. The number of aromatic nitrogens is 1. The molecule has 100 valence electrons. The highest BCUT2D eigenvalue weighted by atomic mass is 19.1. The van der Waals surface area contributed by atoms with E-state index < -0.39 is 11.6 Å². The van der Waals surface area contributed by atoms with Crippen molar-refractivity contribution in [2.45, 2.75) is 20.4 Å². The van der Waals surface area contributed by atoms with Gasteiger partial charge in [-0.05, 0) is 18.2 Å². The average molecular weight is 263 g/mol. The lowest BCUT2D eigenvalue weighted by Crippen LogP contribution is -2.07. The Kier molecular flexibility index (Phi) is 3.79. The zero-order valence-corrected chi connectivity index (χ0v) is 10.9. The van der Waals surface area contributed by atoms with Crippen LogP contribution in [0.1, 0.15) is 29.8 Å².